The quantitative estimate of drug-likeness (QED) is 0.575. The molecule has 0 amide bonds. The lowest BCUT2D eigenvalue weighted by atomic mass is 9.92. The van der Waals surface area contributed by atoms with E-state index in [2.05, 4.69) is 37.6 Å². The zero-order valence-corrected chi connectivity index (χ0v) is 6.96. The molecule has 0 spiro atoms. The first kappa shape index (κ1) is 7.85. The van der Waals surface area contributed by atoms with Crippen molar-refractivity contribution in [1.82, 2.24) is 0 Å². The monoisotopic (exact) mass is 155 g/mol. The lowest BCUT2D eigenvalue weighted by Crippen LogP contribution is -1.97. The van der Waals surface area contributed by atoms with Gasteiger partial charge in [0.2, 0.25) is 0 Å². The van der Waals surface area contributed by atoms with Crippen molar-refractivity contribution in [2.45, 2.75) is 6.42 Å². The molecule has 0 aromatic carbocycles. The van der Waals surface area contributed by atoms with Crippen molar-refractivity contribution < 1.29 is 0 Å². The summed E-state index contributed by atoms with van der Waals surface area (Å²) in [5.74, 6) is 1.24. The Morgan fingerprint density at radius 2 is 2.00 bits per heavy atom. The fourth-order valence-electron chi connectivity index (χ4n) is 1.43. The van der Waals surface area contributed by atoms with Gasteiger partial charge in [-0.1, -0.05) is 24.8 Å². The third-order valence-electron chi connectivity index (χ3n) is 2.17. The highest BCUT2D eigenvalue weighted by Crippen LogP contribution is 2.35. The predicted octanol–water partition coefficient (Wildman–Crippen LogP) is 2.83. The van der Waals surface area contributed by atoms with Crippen LogP contribution in [-0.4, -0.2) is 0 Å². The van der Waals surface area contributed by atoms with Crippen LogP contribution in [0.15, 0.2) is 36.0 Å². The first-order valence-corrected chi connectivity index (χ1v) is 4.15. The second kappa shape index (κ2) is 3.30. The molecule has 2 aliphatic rings. The van der Waals surface area contributed by atoms with Crippen LogP contribution in [0.2, 0.25) is 0 Å². The van der Waals surface area contributed by atoms with E-state index in [1.54, 1.807) is 0 Å². The van der Waals surface area contributed by atoms with Crippen molar-refractivity contribution in [3.63, 3.8) is 0 Å². The van der Waals surface area contributed by atoms with Gasteiger partial charge < -0.3 is 0 Å². The van der Waals surface area contributed by atoms with Crippen LogP contribution in [0.5, 0.6) is 0 Å². The van der Waals surface area contributed by atoms with E-state index in [0.29, 0.717) is 0 Å². The molecule has 59 valence electrons. The van der Waals surface area contributed by atoms with E-state index in [4.69, 9.17) is 0 Å². The molecule has 12 heavy (non-hydrogen) atoms. The van der Waals surface area contributed by atoms with Gasteiger partial charge in [0.1, 0.15) is 0 Å². The highest BCUT2D eigenvalue weighted by molar-refractivity contribution is 5.56. The zero-order chi connectivity index (χ0) is 8.39. The molecule has 0 saturated heterocycles. The van der Waals surface area contributed by atoms with E-state index in [-0.39, 0.29) is 0 Å². The van der Waals surface area contributed by atoms with Gasteiger partial charge in [-0.15, -0.1) is 0 Å². The molecule has 1 fully saturated rings. The Morgan fingerprint density at radius 3 is 2.58 bits per heavy atom. The van der Waals surface area contributed by atoms with Crippen LogP contribution in [0.3, 0.4) is 0 Å². The number of hydrogen-bond acceptors (Lipinski definition) is 0. The minimum absolute atomic E-state index is 1.03. The van der Waals surface area contributed by atoms with Crippen molar-refractivity contribution in [2.24, 2.45) is 0 Å². The molecule has 2 aliphatic carbocycles. The second-order valence-corrected chi connectivity index (χ2v) is 2.98. The van der Waals surface area contributed by atoms with Crippen molar-refractivity contribution in [2.75, 3.05) is 0 Å². The molecule has 0 unspecified atom stereocenters. The minimum Gasteiger partial charge on any atom is -0.0949 e. The summed E-state index contributed by atoms with van der Waals surface area (Å²) in [6.07, 6.45) is 15.7. The summed E-state index contributed by atoms with van der Waals surface area (Å²) < 4.78 is 0. The summed E-state index contributed by atoms with van der Waals surface area (Å²) in [6.45, 7) is 4.07. The van der Waals surface area contributed by atoms with Gasteiger partial charge >= 0.3 is 0 Å². The summed E-state index contributed by atoms with van der Waals surface area (Å²) in [5.41, 5.74) is 2.49. The average Bonchev–Trinajstić information content (AvgIpc) is 2.77. The minimum atomic E-state index is 1.03. The van der Waals surface area contributed by atoms with E-state index in [9.17, 15) is 0 Å². The third-order valence-corrected chi connectivity index (χ3v) is 2.17. The SMILES string of the molecule is C=C([C]1[CH][CH][CH][CH]1)C1=CC=CC1. The first-order chi connectivity index (χ1) is 5.88. The fraction of sp³-hybridized carbons (Fsp3) is 0.0833. The summed E-state index contributed by atoms with van der Waals surface area (Å²) in [7, 11) is 0. The Kier molecular flexibility index (Phi) is 2.16. The van der Waals surface area contributed by atoms with Crippen LogP contribution in [0, 0.1) is 31.6 Å². The summed E-state index contributed by atoms with van der Waals surface area (Å²) in [4.78, 5) is 0. The van der Waals surface area contributed by atoms with Crippen molar-refractivity contribution in [1.29, 1.82) is 0 Å². The Morgan fingerprint density at radius 1 is 1.25 bits per heavy atom. The molecule has 1 saturated carbocycles. The average molecular weight is 155 g/mol. The van der Waals surface area contributed by atoms with Gasteiger partial charge in [0.25, 0.3) is 0 Å². The maximum absolute atomic E-state index is 4.07. The molecule has 0 heteroatoms. The van der Waals surface area contributed by atoms with Crippen LogP contribution in [0.25, 0.3) is 0 Å². The molecule has 0 aromatic heterocycles. The maximum Gasteiger partial charge on any atom is 0.0121 e. The van der Waals surface area contributed by atoms with Crippen LogP contribution >= 0.6 is 0 Å². The van der Waals surface area contributed by atoms with E-state index >= 15 is 0 Å². The van der Waals surface area contributed by atoms with E-state index in [1.165, 1.54) is 11.5 Å². The molecule has 0 nitrogen and oxygen atoms in total. The van der Waals surface area contributed by atoms with Crippen molar-refractivity contribution in [3.8, 4) is 0 Å². The Bertz CT molecular complexity index is 237. The third kappa shape index (κ3) is 1.38. The Labute approximate surface area is 74.7 Å². The van der Waals surface area contributed by atoms with Gasteiger partial charge in [0.15, 0.2) is 0 Å². The normalized spacial score (nSPS) is 23.2. The van der Waals surface area contributed by atoms with Crippen LogP contribution in [0.4, 0.5) is 0 Å². The van der Waals surface area contributed by atoms with E-state index in [0.717, 1.165) is 12.0 Å². The summed E-state index contributed by atoms with van der Waals surface area (Å²) >= 11 is 0. The molecule has 0 N–H and O–H groups in total. The largest absolute Gasteiger partial charge is 0.0949 e. The van der Waals surface area contributed by atoms with Crippen molar-refractivity contribution in [3.05, 3.63) is 67.6 Å². The molecule has 0 aromatic rings. The van der Waals surface area contributed by atoms with Gasteiger partial charge in [-0.3, -0.25) is 0 Å². The van der Waals surface area contributed by atoms with E-state index in [1.807, 2.05) is 12.8 Å². The first-order valence-electron chi connectivity index (χ1n) is 4.15. The van der Waals surface area contributed by atoms with Crippen LogP contribution in [0.1, 0.15) is 6.42 Å². The lowest BCUT2D eigenvalue weighted by Gasteiger charge is -2.12. The molecule has 0 bridgehead atoms. The highest BCUT2D eigenvalue weighted by Gasteiger charge is 2.21. The van der Waals surface area contributed by atoms with Crippen LogP contribution in [-0.2, 0) is 0 Å². The van der Waals surface area contributed by atoms with Gasteiger partial charge in [-0.2, -0.15) is 0 Å². The zero-order valence-electron chi connectivity index (χ0n) is 6.96. The number of hydrogen-bond donors (Lipinski definition) is 0. The number of rotatable bonds is 2. The Balaban J connectivity index is 1.99. The van der Waals surface area contributed by atoms with Gasteiger partial charge in [-0.05, 0) is 43.3 Å². The van der Waals surface area contributed by atoms with Gasteiger partial charge in [-0.25, -0.2) is 0 Å². The molecule has 0 heterocycles. The number of allylic oxidation sites excluding steroid dienone is 5. The van der Waals surface area contributed by atoms with E-state index < -0.39 is 0 Å². The standard InChI is InChI=1S/C12H11/c1-10(11-6-2-3-7-11)12-8-4-5-9-12/h2-8H,1,9H2. The predicted molar refractivity (Wildman–Crippen MR) is 51.4 cm³/mol. The molecule has 5 radical (unpaired) electrons. The molecular weight excluding hydrogens is 144 g/mol. The molecule has 2 rings (SSSR count). The Hall–Kier alpha value is -0.780. The van der Waals surface area contributed by atoms with Crippen LogP contribution < -0.4 is 0 Å². The summed E-state index contributed by atoms with van der Waals surface area (Å²) in [5, 5.41) is 0. The second-order valence-electron chi connectivity index (χ2n) is 2.98. The highest BCUT2D eigenvalue weighted by atomic mass is 14.2. The molecule has 0 aliphatic heterocycles. The van der Waals surface area contributed by atoms with Crippen molar-refractivity contribution >= 4 is 0 Å². The topological polar surface area (TPSA) is 0 Å². The summed E-state index contributed by atoms with van der Waals surface area (Å²) in [6, 6.07) is 0. The van der Waals surface area contributed by atoms with Gasteiger partial charge in [0, 0.05) is 5.92 Å². The fourth-order valence-corrected chi connectivity index (χ4v) is 1.43. The molecule has 0 atom stereocenters. The smallest absolute Gasteiger partial charge is 0.0121 e. The lowest BCUT2D eigenvalue weighted by molar-refractivity contribution is 1.18. The molecular formula is C12H11. The maximum atomic E-state index is 4.07. The van der Waals surface area contributed by atoms with Gasteiger partial charge in [0.05, 0.1) is 0 Å².